The highest BCUT2D eigenvalue weighted by Gasteiger charge is 2.25. The summed E-state index contributed by atoms with van der Waals surface area (Å²) in [6.07, 6.45) is 3.72. The van der Waals surface area contributed by atoms with Gasteiger partial charge in [0.25, 0.3) is 0 Å². The first-order valence-corrected chi connectivity index (χ1v) is 8.51. The molecule has 5 nitrogen and oxygen atoms in total. The summed E-state index contributed by atoms with van der Waals surface area (Å²) >= 11 is 1.80. The highest BCUT2D eigenvalue weighted by molar-refractivity contribution is 7.12. The number of aryl methyl sites for hydroxylation is 1. The van der Waals surface area contributed by atoms with Gasteiger partial charge in [-0.1, -0.05) is 0 Å². The zero-order valence-electron chi connectivity index (χ0n) is 13.0. The van der Waals surface area contributed by atoms with Crippen molar-refractivity contribution in [2.75, 3.05) is 23.4 Å². The zero-order valence-corrected chi connectivity index (χ0v) is 13.8. The van der Waals surface area contributed by atoms with E-state index in [0.29, 0.717) is 0 Å². The lowest BCUT2D eigenvalue weighted by Crippen LogP contribution is -2.32. The van der Waals surface area contributed by atoms with E-state index < -0.39 is 0 Å². The van der Waals surface area contributed by atoms with Crippen LogP contribution in [0.1, 0.15) is 35.6 Å². The van der Waals surface area contributed by atoms with Crippen molar-refractivity contribution in [2.24, 2.45) is 0 Å². The van der Waals surface area contributed by atoms with Crippen LogP contribution in [0.5, 0.6) is 0 Å². The lowest BCUT2D eigenvalue weighted by Gasteiger charge is -2.24. The third kappa shape index (κ3) is 3.23. The highest BCUT2D eigenvalue weighted by atomic mass is 32.1. The summed E-state index contributed by atoms with van der Waals surface area (Å²) in [6, 6.07) is 6.67. The number of hydrogen-bond acceptors (Lipinski definition) is 6. The minimum Gasteiger partial charge on any atom is -0.394 e. The van der Waals surface area contributed by atoms with Crippen LogP contribution in [0.2, 0.25) is 0 Å². The second-order valence-electron chi connectivity index (χ2n) is 5.75. The van der Waals surface area contributed by atoms with Crippen LogP contribution in [0.4, 0.5) is 11.6 Å². The molecular formula is C16H22N4OS. The number of rotatable bonds is 5. The zero-order chi connectivity index (χ0) is 15.5. The molecule has 2 aromatic rings. The largest absolute Gasteiger partial charge is 0.394 e. The maximum absolute atomic E-state index is 9.46. The molecule has 22 heavy (non-hydrogen) atoms. The number of hydrogen-bond donors (Lipinski definition) is 2. The predicted octanol–water partition coefficient (Wildman–Crippen LogP) is 2.98. The smallest absolute Gasteiger partial charge is 0.134 e. The Morgan fingerprint density at radius 3 is 3.05 bits per heavy atom. The van der Waals surface area contributed by atoms with Crippen molar-refractivity contribution in [1.29, 1.82) is 0 Å². The molecule has 0 radical (unpaired) electrons. The van der Waals surface area contributed by atoms with Crippen molar-refractivity contribution in [1.82, 2.24) is 9.97 Å². The number of nitrogens with zero attached hydrogens (tertiary/aromatic N) is 3. The van der Waals surface area contributed by atoms with Crippen LogP contribution in [-0.4, -0.2) is 34.3 Å². The average Bonchev–Trinajstić information content (AvgIpc) is 3.15. The van der Waals surface area contributed by atoms with Crippen molar-refractivity contribution >= 4 is 23.0 Å². The van der Waals surface area contributed by atoms with Crippen molar-refractivity contribution in [3.63, 3.8) is 0 Å². The Morgan fingerprint density at radius 1 is 1.45 bits per heavy atom. The van der Waals surface area contributed by atoms with Crippen LogP contribution >= 0.6 is 11.3 Å². The van der Waals surface area contributed by atoms with Gasteiger partial charge in [0.05, 0.1) is 18.7 Å². The number of nitrogens with one attached hydrogen (secondary N) is 1. The minimum absolute atomic E-state index is 0.178. The van der Waals surface area contributed by atoms with E-state index in [9.17, 15) is 5.11 Å². The summed E-state index contributed by atoms with van der Waals surface area (Å²) in [6.45, 7) is 5.38. The number of aliphatic hydroxyl groups is 1. The van der Waals surface area contributed by atoms with Crippen LogP contribution in [0.15, 0.2) is 24.5 Å². The van der Waals surface area contributed by atoms with Crippen molar-refractivity contribution in [2.45, 2.75) is 38.8 Å². The molecule has 0 saturated carbocycles. The van der Waals surface area contributed by atoms with Crippen LogP contribution < -0.4 is 10.2 Å². The van der Waals surface area contributed by atoms with Gasteiger partial charge in [0.15, 0.2) is 0 Å². The second kappa shape index (κ2) is 6.62. The third-order valence-electron chi connectivity index (χ3n) is 4.09. The molecule has 118 valence electrons. The molecule has 3 heterocycles. The Kier molecular flexibility index (Phi) is 4.59. The molecule has 0 spiro atoms. The standard InChI is InChI=1S/C16H22N4OS/c1-11-5-6-14(22-11)12(2)19-15-8-16(18-10-17-15)20-7-3-4-13(20)9-21/h5-6,8,10,12-13,21H,3-4,7,9H2,1-2H3,(H,17,18,19). The highest BCUT2D eigenvalue weighted by Crippen LogP contribution is 2.28. The summed E-state index contributed by atoms with van der Waals surface area (Å²) in [4.78, 5) is 13.5. The average molecular weight is 318 g/mol. The summed E-state index contributed by atoms with van der Waals surface area (Å²) < 4.78 is 0. The number of thiophene rings is 1. The summed E-state index contributed by atoms with van der Waals surface area (Å²) in [7, 11) is 0. The van der Waals surface area contributed by atoms with Crippen molar-refractivity contribution in [3.8, 4) is 0 Å². The van der Waals surface area contributed by atoms with Gasteiger partial charge in [-0.2, -0.15) is 0 Å². The molecule has 2 N–H and O–H groups in total. The maximum atomic E-state index is 9.46. The summed E-state index contributed by atoms with van der Waals surface area (Å²) in [5.74, 6) is 1.72. The maximum Gasteiger partial charge on any atom is 0.134 e. The van der Waals surface area contributed by atoms with E-state index in [1.54, 1.807) is 17.7 Å². The molecule has 2 atom stereocenters. The second-order valence-corrected chi connectivity index (χ2v) is 7.07. The van der Waals surface area contributed by atoms with E-state index in [4.69, 9.17) is 0 Å². The Bertz CT molecular complexity index is 630. The van der Waals surface area contributed by atoms with Gasteiger partial charge in [0.2, 0.25) is 0 Å². The molecule has 1 aliphatic heterocycles. The van der Waals surface area contributed by atoms with Crippen LogP contribution in [0.25, 0.3) is 0 Å². The molecule has 6 heteroatoms. The Balaban J connectivity index is 1.74. The van der Waals surface area contributed by atoms with Gasteiger partial charge in [-0.05, 0) is 38.8 Å². The van der Waals surface area contributed by atoms with Gasteiger partial charge in [0, 0.05) is 22.4 Å². The quantitative estimate of drug-likeness (QED) is 0.887. The summed E-state index contributed by atoms with van der Waals surface area (Å²) in [5, 5.41) is 12.9. The molecule has 0 aromatic carbocycles. The fourth-order valence-corrected chi connectivity index (χ4v) is 3.77. The van der Waals surface area contributed by atoms with Gasteiger partial charge >= 0.3 is 0 Å². The molecule has 1 aliphatic rings. The SMILES string of the molecule is Cc1ccc(C(C)Nc2cc(N3CCCC3CO)ncn2)s1. The minimum atomic E-state index is 0.178. The van der Waals surface area contributed by atoms with E-state index >= 15 is 0 Å². The van der Waals surface area contributed by atoms with Crippen molar-refractivity contribution < 1.29 is 5.11 Å². The normalized spacial score (nSPS) is 19.4. The molecule has 0 amide bonds. The van der Waals surface area contributed by atoms with Crippen LogP contribution in [0.3, 0.4) is 0 Å². The number of aromatic nitrogens is 2. The van der Waals surface area contributed by atoms with Crippen LogP contribution in [0, 0.1) is 6.92 Å². The lowest BCUT2D eigenvalue weighted by molar-refractivity contribution is 0.266. The molecule has 1 saturated heterocycles. The van der Waals surface area contributed by atoms with E-state index in [1.165, 1.54) is 9.75 Å². The van der Waals surface area contributed by atoms with Crippen LogP contribution in [-0.2, 0) is 0 Å². The van der Waals surface area contributed by atoms with Crippen molar-refractivity contribution in [3.05, 3.63) is 34.3 Å². The predicted molar refractivity (Wildman–Crippen MR) is 90.6 cm³/mol. The Morgan fingerprint density at radius 2 is 2.32 bits per heavy atom. The lowest BCUT2D eigenvalue weighted by atomic mass is 10.2. The molecule has 2 unspecified atom stereocenters. The van der Waals surface area contributed by atoms with Gasteiger partial charge in [0.1, 0.15) is 18.0 Å². The monoisotopic (exact) mass is 318 g/mol. The van der Waals surface area contributed by atoms with Gasteiger partial charge < -0.3 is 15.3 Å². The fourth-order valence-electron chi connectivity index (χ4n) is 2.89. The van der Waals surface area contributed by atoms with E-state index in [1.807, 2.05) is 6.07 Å². The number of anilines is 2. The first-order chi connectivity index (χ1) is 10.7. The molecule has 0 aliphatic carbocycles. The first-order valence-electron chi connectivity index (χ1n) is 7.70. The van der Waals surface area contributed by atoms with E-state index in [-0.39, 0.29) is 18.7 Å². The van der Waals surface area contributed by atoms with E-state index in [2.05, 4.69) is 46.2 Å². The molecule has 3 rings (SSSR count). The summed E-state index contributed by atoms with van der Waals surface area (Å²) in [5.41, 5.74) is 0. The molecular weight excluding hydrogens is 296 g/mol. The Hall–Kier alpha value is -1.66. The Labute approximate surface area is 135 Å². The van der Waals surface area contributed by atoms with E-state index in [0.717, 1.165) is 31.0 Å². The topological polar surface area (TPSA) is 61.3 Å². The first kappa shape index (κ1) is 15.2. The fraction of sp³-hybridized carbons (Fsp3) is 0.500. The van der Waals surface area contributed by atoms with Gasteiger partial charge in [-0.3, -0.25) is 0 Å². The molecule has 2 aromatic heterocycles. The van der Waals surface area contributed by atoms with Gasteiger partial charge in [-0.25, -0.2) is 9.97 Å². The number of aliphatic hydroxyl groups excluding tert-OH is 1. The third-order valence-corrected chi connectivity index (χ3v) is 5.27. The molecule has 1 fully saturated rings. The molecule has 0 bridgehead atoms. The van der Waals surface area contributed by atoms with Gasteiger partial charge in [-0.15, -0.1) is 11.3 Å².